The number of carbonyl (C=O) groups is 1. The Morgan fingerprint density at radius 3 is 2.44 bits per heavy atom. The highest BCUT2D eigenvalue weighted by Gasteiger charge is 2.27. The van der Waals surface area contributed by atoms with Crippen LogP contribution in [0.5, 0.6) is 0 Å². The first-order valence-corrected chi connectivity index (χ1v) is 7.81. The van der Waals surface area contributed by atoms with Crippen LogP contribution in [-0.4, -0.2) is 10.9 Å². The molecule has 1 atom stereocenters. The first-order valence-electron chi connectivity index (χ1n) is 7.43. The molecule has 0 saturated heterocycles. The summed E-state index contributed by atoms with van der Waals surface area (Å²) in [7, 11) is 0. The van der Waals surface area contributed by atoms with Crippen molar-refractivity contribution in [2.24, 2.45) is 5.73 Å². The van der Waals surface area contributed by atoms with Gasteiger partial charge in [0.05, 0.1) is 11.4 Å². The maximum atomic E-state index is 14.3. The minimum absolute atomic E-state index is 0.0273. The molecule has 1 aromatic heterocycles. The summed E-state index contributed by atoms with van der Waals surface area (Å²) in [5.74, 6) is -2.99. The summed E-state index contributed by atoms with van der Waals surface area (Å²) in [6.07, 6.45) is 0. The average Bonchev–Trinajstić information content (AvgIpc) is 2.58. The summed E-state index contributed by atoms with van der Waals surface area (Å²) in [4.78, 5) is 16.4. The van der Waals surface area contributed by atoms with E-state index in [0.29, 0.717) is 11.3 Å². The molecule has 3 nitrogen and oxygen atoms in total. The quantitative estimate of drug-likeness (QED) is 0.756. The predicted octanol–water partition coefficient (Wildman–Crippen LogP) is 4.30. The van der Waals surface area contributed by atoms with Gasteiger partial charge in [-0.3, -0.25) is 9.78 Å². The lowest BCUT2D eigenvalue weighted by Crippen LogP contribution is -2.24. The van der Waals surface area contributed by atoms with Gasteiger partial charge >= 0.3 is 0 Å². The molecular formula is C19H13ClF2N2O. The van der Waals surface area contributed by atoms with Gasteiger partial charge in [0.25, 0.3) is 0 Å². The fourth-order valence-electron chi connectivity index (χ4n) is 2.64. The van der Waals surface area contributed by atoms with Gasteiger partial charge in [0.2, 0.25) is 5.91 Å². The number of aromatic nitrogens is 1. The highest BCUT2D eigenvalue weighted by molar-refractivity contribution is 6.31. The fourth-order valence-corrected chi connectivity index (χ4v) is 2.92. The van der Waals surface area contributed by atoms with E-state index >= 15 is 0 Å². The Bertz CT molecular complexity index is 926. The molecule has 2 N–H and O–H groups in total. The SMILES string of the molecule is NC(=O)C(c1cccc(-c2cccc(F)c2)n1)c1c(F)cccc1Cl. The molecule has 0 aliphatic heterocycles. The standard InChI is InChI=1S/C19H13ClF2N2O/c20-13-6-2-7-14(22)17(13)18(19(23)25)16-9-3-8-15(24-16)11-4-1-5-12(21)10-11/h1-10,18H,(H2,23,25). The van der Waals surface area contributed by atoms with Crippen LogP contribution in [0.15, 0.2) is 60.7 Å². The lowest BCUT2D eigenvalue weighted by atomic mass is 9.93. The molecule has 0 saturated carbocycles. The Morgan fingerprint density at radius 2 is 1.76 bits per heavy atom. The Hall–Kier alpha value is -2.79. The van der Waals surface area contributed by atoms with Gasteiger partial charge < -0.3 is 5.73 Å². The van der Waals surface area contributed by atoms with E-state index in [-0.39, 0.29) is 16.3 Å². The van der Waals surface area contributed by atoms with Gasteiger partial charge in [0, 0.05) is 16.1 Å². The molecule has 0 spiro atoms. The van der Waals surface area contributed by atoms with E-state index in [1.165, 1.54) is 30.3 Å². The summed E-state index contributed by atoms with van der Waals surface area (Å²) in [6.45, 7) is 0. The first-order chi connectivity index (χ1) is 12.0. The van der Waals surface area contributed by atoms with E-state index in [0.717, 1.165) is 0 Å². The molecule has 2 aromatic carbocycles. The lowest BCUT2D eigenvalue weighted by molar-refractivity contribution is -0.118. The lowest BCUT2D eigenvalue weighted by Gasteiger charge is -2.16. The van der Waals surface area contributed by atoms with Crippen molar-refractivity contribution in [3.05, 3.63) is 88.6 Å². The second kappa shape index (κ2) is 6.99. The number of hydrogen-bond acceptors (Lipinski definition) is 2. The Morgan fingerprint density at radius 1 is 1.04 bits per heavy atom. The van der Waals surface area contributed by atoms with E-state index in [9.17, 15) is 13.6 Å². The van der Waals surface area contributed by atoms with Gasteiger partial charge in [-0.2, -0.15) is 0 Å². The highest BCUT2D eigenvalue weighted by atomic mass is 35.5. The minimum atomic E-state index is -1.15. The van der Waals surface area contributed by atoms with E-state index in [1.807, 2.05) is 0 Å². The normalized spacial score (nSPS) is 12.0. The van der Waals surface area contributed by atoms with Crippen molar-refractivity contribution in [1.29, 1.82) is 0 Å². The van der Waals surface area contributed by atoms with Crippen molar-refractivity contribution in [2.45, 2.75) is 5.92 Å². The zero-order valence-corrected chi connectivity index (χ0v) is 13.7. The molecular weight excluding hydrogens is 346 g/mol. The van der Waals surface area contributed by atoms with E-state index < -0.39 is 23.5 Å². The largest absolute Gasteiger partial charge is 0.369 e. The molecule has 1 amide bonds. The summed E-state index contributed by atoms with van der Waals surface area (Å²) in [6, 6.07) is 14.9. The third kappa shape index (κ3) is 3.51. The topological polar surface area (TPSA) is 56.0 Å². The van der Waals surface area contributed by atoms with Crippen molar-refractivity contribution in [3.8, 4) is 11.3 Å². The molecule has 126 valence electrons. The number of nitrogens with two attached hydrogens (primary N) is 1. The Kier molecular flexibility index (Phi) is 4.76. The van der Waals surface area contributed by atoms with E-state index in [2.05, 4.69) is 4.98 Å². The third-order valence-electron chi connectivity index (χ3n) is 3.76. The second-order valence-electron chi connectivity index (χ2n) is 5.43. The zero-order chi connectivity index (χ0) is 18.0. The Balaban J connectivity index is 2.13. The summed E-state index contributed by atoms with van der Waals surface area (Å²) in [5, 5.41) is 0.0850. The fraction of sp³-hybridized carbons (Fsp3) is 0.0526. The van der Waals surface area contributed by atoms with Crippen molar-refractivity contribution in [3.63, 3.8) is 0 Å². The van der Waals surface area contributed by atoms with Crippen LogP contribution in [-0.2, 0) is 4.79 Å². The van der Waals surface area contributed by atoms with E-state index in [1.54, 1.807) is 30.3 Å². The van der Waals surface area contributed by atoms with Gasteiger partial charge in [-0.05, 0) is 36.4 Å². The molecule has 0 bridgehead atoms. The van der Waals surface area contributed by atoms with Gasteiger partial charge in [-0.15, -0.1) is 0 Å². The van der Waals surface area contributed by atoms with Crippen LogP contribution < -0.4 is 5.73 Å². The smallest absolute Gasteiger partial charge is 0.231 e. The van der Waals surface area contributed by atoms with Crippen molar-refractivity contribution in [1.82, 2.24) is 4.98 Å². The number of halogens is 3. The number of hydrogen-bond donors (Lipinski definition) is 1. The average molecular weight is 359 g/mol. The molecule has 0 fully saturated rings. The number of primary amides is 1. The highest BCUT2D eigenvalue weighted by Crippen LogP contribution is 2.32. The van der Waals surface area contributed by atoms with Gasteiger partial charge in [0.15, 0.2) is 0 Å². The second-order valence-corrected chi connectivity index (χ2v) is 5.84. The van der Waals surface area contributed by atoms with Gasteiger partial charge in [-0.25, -0.2) is 8.78 Å². The van der Waals surface area contributed by atoms with Crippen LogP contribution >= 0.6 is 11.6 Å². The number of rotatable bonds is 4. The minimum Gasteiger partial charge on any atom is -0.369 e. The number of benzene rings is 2. The van der Waals surface area contributed by atoms with Gasteiger partial charge in [0.1, 0.15) is 17.6 Å². The van der Waals surface area contributed by atoms with Crippen molar-refractivity contribution >= 4 is 17.5 Å². The van der Waals surface area contributed by atoms with Crippen LogP contribution in [0.1, 0.15) is 17.2 Å². The van der Waals surface area contributed by atoms with Crippen LogP contribution in [0.3, 0.4) is 0 Å². The first kappa shape index (κ1) is 17.0. The number of amides is 1. The maximum Gasteiger partial charge on any atom is 0.231 e. The molecule has 0 aliphatic rings. The van der Waals surface area contributed by atoms with Crippen molar-refractivity contribution in [2.75, 3.05) is 0 Å². The molecule has 1 heterocycles. The molecule has 0 radical (unpaired) electrons. The third-order valence-corrected chi connectivity index (χ3v) is 4.09. The Labute approximate surface area is 148 Å². The van der Waals surface area contributed by atoms with E-state index in [4.69, 9.17) is 17.3 Å². The van der Waals surface area contributed by atoms with Crippen LogP contribution in [0.4, 0.5) is 8.78 Å². The molecule has 3 rings (SSSR count). The molecule has 1 unspecified atom stereocenters. The summed E-state index contributed by atoms with van der Waals surface area (Å²) < 4.78 is 27.7. The number of pyridine rings is 1. The number of carbonyl (C=O) groups excluding carboxylic acids is 1. The predicted molar refractivity (Wildman–Crippen MR) is 92.1 cm³/mol. The zero-order valence-electron chi connectivity index (χ0n) is 12.9. The molecule has 6 heteroatoms. The molecule has 25 heavy (non-hydrogen) atoms. The van der Waals surface area contributed by atoms with Crippen LogP contribution in [0.25, 0.3) is 11.3 Å². The van der Waals surface area contributed by atoms with Crippen molar-refractivity contribution < 1.29 is 13.6 Å². The van der Waals surface area contributed by atoms with Crippen LogP contribution in [0, 0.1) is 11.6 Å². The summed E-state index contributed by atoms with van der Waals surface area (Å²) in [5.41, 5.74) is 6.67. The monoisotopic (exact) mass is 358 g/mol. The molecule has 0 aliphatic carbocycles. The maximum absolute atomic E-state index is 14.3. The number of nitrogens with zero attached hydrogens (tertiary/aromatic N) is 1. The summed E-state index contributed by atoms with van der Waals surface area (Å²) >= 11 is 6.07. The van der Waals surface area contributed by atoms with Gasteiger partial charge in [-0.1, -0.05) is 35.9 Å². The molecule has 3 aromatic rings. The van der Waals surface area contributed by atoms with Crippen LogP contribution in [0.2, 0.25) is 5.02 Å².